The highest BCUT2D eigenvalue weighted by Gasteiger charge is 2.30. The molecule has 0 saturated carbocycles. The monoisotopic (exact) mass is 410 g/mol. The van der Waals surface area contributed by atoms with Gasteiger partial charge in [-0.2, -0.15) is 13.2 Å². The van der Waals surface area contributed by atoms with Crippen molar-refractivity contribution < 1.29 is 22.8 Å². The van der Waals surface area contributed by atoms with Crippen LogP contribution < -0.4 is 11.1 Å². The predicted octanol–water partition coefficient (Wildman–Crippen LogP) is 4.63. The van der Waals surface area contributed by atoms with Gasteiger partial charge in [-0.25, -0.2) is 0 Å². The Hall–Kier alpha value is -3.87. The van der Waals surface area contributed by atoms with Crippen molar-refractivity contribution in [3.05, 3.63) is 101 Å². The SMILES string of the molecule is NC(=O)/C(=C\c1cccc(C(F)(F)F)c1)NC(=O)c1ccc(-c2ccccc2)cc1. The molecule has 0 aromatic heterocycles. The van der Waals surface area contributed by atoms with Crippen molar-refractivity contribution in [1.82, 2.24) is 5.32 Å². The lowest BCUT2D eigenvalue weighted by Gasteiger charge is -2.10. The van der Waals surface area contributed by atoms with E-state index in [0.29, 0.717) is 0 Å². The van der Waals surface area contributed by atoms with E-state index in [0.717, 1.165) is 29.3 Å². The van der Waals surface area contributed by atoms with Crippen LogP contribution in [0.15, 0.2) is 84.6 Å². The van der Waals surface area contributed by atoms with Gasteiger partial charge >= 0.3 is 6.18 Å². The lowest BCUT2D eigenvalue weighted by Crippen LogP contribution is -2.31. The zero-order valence-electron chi connectivity index (χ0n) is 15.6. The van der Waals surface area contributed by atoms with E-state index >= 15 is 0 Å². The van der Waals surface area contributed by atoms with Crippen LogP contribution in [0, 0.1) is 0 Å². The van der Waals surface area contributed by atoms with Crippen molar-refractivity contribution in [2.45, 2.75) is 6.18 Å². The van der Waals surface area contributed by atoms with Crippen LogP contribution in [0.25, 0.3) is 17.2 Å². The smallest absolute Gasteiger partial charge is 0.364 e. The largest absolute Gasteiger partial charge is 0.416 e. The molecule has 0 fully saturated rings. The number of carbonyl (C=O) groups excluding carboxylic acids is 2. The summed E-state index contributed by atoms with van der Waals surface area (Å²) >= 11 is 0. The van der Waals surface area contributed by atoms with Gasteiger partial charge in [0, 0.05) is 5.56 Å². The average Bonchev–Trinajstić information content (AvgIpc) is 2.73. The molecule has 30 heavy (non-hydrogen) atoms. The highest BCUT2D eigenvalue weighted by Crippen LogP contribution is 2.30. The molecule has 7 heteroatoms. The third kappa shape index (κ3) is 5.14. The fourth-order valence-corrected chi connectivity index (χ4v) is 2.78. The van der Waals surface area contributed by atoms with E-state index in [2.05, 4.69) is 5.32 Å². The number of amides is 2. The third-order valence-corrected chi connectivity index (χ3v) is 4.29. The Kier molecular flexibility index (Phi) is 6.01. The van der Waals surface area contributed by atoms with Gasteiger partial charge in [0.15, 0.2) is 0 Å². The fraction of sp³-hybridized carbons (Fsp3) is 0.0435. The summed E-state index contributed by atoms with van der Waals surface area (Å²) in [5, 5.41) is 2.37. The molecule has 0 aliphatic rings. The number of benzene rings is 3. The molecular formula is C23H17F3N2O2. The van der Waals surface area contributed by atoms with Gasteiger partial charge in [0.2, 0.25) is 0 Å². The van der Waals surface area contributed by atoms with Crippen molar-refractivity contribution in [3.8, 4) is 11.1 Å². The number of nitrogens with one attached hydrogen (secondary N) is 1. The van der Waals surface area contributed by atoms with Crippen LogP contribution in [-0.4, -0.2) is 11.8 Å². The number of primary amides is 1. The maximum atomic E-state index is 12.9. The van der Waals surface area contributed by atoms with Crippen molar-refractivity contribution in [2.24, 2.45) is 5.73 Å². The minimum atomic E-state index is -4.53. The van der Waals surface area contributed by atoms with Crippen LogP contribution in [0.5, 0.6) is 0 Å². The first kappa shape index (κ1) is 20.9. The Morgan fingerprint density at radius 1 is 0.833 bits per heavy atom. The molecule has 2 amide bonds. The molecule has 0 unspecified atom stereocenters. The van der Waals surface area contributed by atoms with Gasteiger partial charge in [0.05, 0.1) is 5.56 Å². The van der Waals surface area contributed by atoms with Crippen molar-refractivity contribution in [3.63, 3.8) is 0 Å². The van der Waals surface area contributed by atoms with E-state index in [1.54, 1.807) is 24.3 Å². The second-order valence-corrected chi connectivity index (χ2v) is 6.44. The van der Waals surface area contributed by atoms with Crippen LogP contribution in [0.2, 0.25) is 0 Å². The second kappa shape index (κ2) is 8.65. The number of carbonyl (C=O) groups is 2. The number of hydrogen-bond donors (Lipinski definition) is 2. The molecule has 4 nitrogen and oxygen atoms in total. The predicted molar refractivity (Wildman–Crippen MR) is 108 cm³/mol. The molecule has 0 radical (unpaired) electrons. The summed E-state index contributed by atoms with van der Waals surface area (Å²) in [6, 6.07) is 20.6. The maximum absolute atomic E-state index is 12.9. The number of hydrogen-bond acceptors (Lipinski definition) is 2. The summed E-state index contributed by atoms with van der Waals surface area (Å²) in [4.78, 5) is 24.2. The molecule has 0 spiro atoms. The Balaban J connectivity index is 1.81. The van der Waals surface area contributed by atoms with Crippen LogP contribution in [0.4, 0.5) is 13.2 Å². The minimum Gasteiger partial charge on any atom is -0.364 e. The summed E-state index contributed by atoms with van der Waals surface area (Å²) < 4.78 is 38.6. The fourth-order valence-electron chi connectivity index (χ4n) is 2.78. The van der Waals surface area contributed by atoms with Crippen molar-refractivity contribution >= 4 is 17.9 Å². The minimum absolute atomic E-state index is 0.0818. The third-order valence-electron chi connectivity index (χ3n) is 4.29. The Bertz CT molecular complexity index is 1090. The van der Waals surface area contributed by atoms with E-state index in [1.165, 1.54) is 12.1 Å². The average molecular weight is 410 g/mol. The highest BCUT2D eigenvalue weighted by molar-refractivity contribution is 6.04. The van der Waals surface area contributed by atoms with Gasteiger partial charge in [-0.1, -0.05) is 54.6 Å². The van der Waals surface area contributed by atoms with Gasteiger partial charge in [-0.3, -0.25) is 9.59 Å². The van der Waals surface area contributed by atoms with E-state index in [1.807, 2.05) is 30.3 Å². The number of halogens is 3. The Labute approximate surface area is 170 Å². The van der Waals surface area contributed by atoms with Gasteiger partial charge < -0.3 is 11.1 Å². The molecule has 0 aliphatic carbocycles. The van der Waals surface area contributed by atoms with Crippen LogP contribution in [0.1, 0.15) is 21.5 Å². The molecule has 0 saturated heterocycles. The lowest BCUT2D eigenvalue weighted by molar-refractivity contribution is -0.137. The van der Waals surface area contributed by atoms with Crippen molar-refractivity contribution in [1.29, 1.82) is 0 Å². The molecule has 0 atom stereocenters. The van der Waals surface area contributed by atoms with Crippen molar-refractivity contribution in [2.75, 3.05) is 0 Å². The van der Waals surface area contributed by atoms with E-state index in [9.17, 15) is 22.8 Å². The van der Waals surface area contributed by atoms with E-state index in [4.69, 9.17) is 5.73 Å². The van der Waals surface area contributed by atoms with Gasteiger partial charge in [0.1, 0.15) is 5.70 Å². The molecule has 3 aromatic carbocycles. The number of alkyl halides is 3. The summed E-state index contributed by atoms with van der Waals surface area (Å²) in [5.74, 6) is -1.58. The molecule has 3 aromatic rings. The summed E-state index contributed by atoms with van der Waals surface area (Å²) in [6.07, 6.45) is -3.42. The topological polar surface area (TPSA) is 72.2 Å². The highest BCUT2D eigenvalue weighted by atomic mass is 19.4. The lowest BCUT2D eigenvalue weighted by atomic mass is 10.0. The summed E-state index contributed by atoms with van der Waals surface area (Å²) in [7, 11) is 0. The molecule has 0 heterocycles. The standard InChI is InChI=1S/C23H17F3N2O2/c24-23(25,26)19-8-4-5-15(13-19)14-20(21(27)29)28-22(30)18-11-9-17(10-12-18)16-6-2-1-3-7-16/h1-14H,(H2,27,29)(H,28,30)/b20-14+. The molecule has 0 bridgehead atoms. The summed E-state index contributed by atoms with van der Waals surface area (Å²) in [5.41, 5.74) is 6.34. The van der Waals surface area contributed by atoms with Crippen LogP contribution in [-0.2, 0) is 11.0 Å². The van der Waals surface area contributed by atoms with Gasteiger partial charge in [-0.15, -0.1) is 0 Å². The normalized spacial score (nSPS) is 11.8. The zero-order chi connectivity index (χ0) is 21.7. The number of nitrogens with two attached hydrogens (primary N) is 1. The Morgan fingerprint density at radius 2 is 1.47 bits per heavy atom. The van der Waals surface area contributed by atoms with E-state index < -0.39 is 23.6 Å². The molecule has 3 N–H and O–H groups in total. The molecule has 3 rings (SSSR count). The maximum Gasteiger partial charge on any atom is 0.416 e. The second-order valence-electron chi connectivity index (χ2n) is 6.44. The number of rotatable bonds is 5. The first-order chi connectivity index (χ1) is 14.2. The molecule has 152 valence electrons. The quantitative estimate of drug-likeness (QED) is 0.602. The Morgan fingerprint density at radius 3 is 2.07 bits per heavy atom. The van der Waals surface area contributed by atoms with E-state index in [-0.39, 0.29) is 16.8 Å². The van der Waals surface area contributed by atoms with Crippen LogP contribution in [0.3, 0.4) is 0 Å². The first-order valence-corrected chi connectivity index (χ1v) is 8.89. The zero-order valence-corrected chi connectivity index (χ0v) is 15.6. The van der Waals surface area contributed by atoms with Crippen LogP contribution >= 0.6 is 0 Å². The van der Waals surface area contributed by atoms with Gasteiger partial charge in [-0.05, 0) is 47.0 Å². The molecular weight excluding hydrogens is 393 g/mol. The molecule has 0 aliphatic heterocycles. The first-order valence-electron chi connectivity index (χ1n) is 8.89. The van der Waals surface area contributed by atoms with Gasteiger partial charge in [0.25, 0.3) is 11.8 Å². The summed E-state index contributed by atoms with van der Waals surface area (Å²) in [6.45, 7) is 0.